The van der Waals surface area contributed by atoms with Gasteiger partial charge in [-0.2, -0.15) is 0 Å². The minimum Gasteiger partial charge on any atom is -0.444 e. The fourth-order valence-corrected chi connectivity index (χ4v) is 4.17. The largest absolute Gasteiger partial charge is 0.444 e. The number of carbonyl (C=O) groups excluding carboxylic acids is 1. The molecule has 0 aliphatic carbocycles. The van der Waals surface area contributed by atoms with Crippen molar-refractivity contribution >= 4 is 6.09 Å². The first-order valence-electron chi connectivity index (χ1n) is 9.29. The summed E-state index contributed by atoms with van der Waals surface area (Å²) in [5.74, 6) is 0. The van der Waals surface area contributed by atoms with Crippen LogP contribution in [-0.4, -0.2) is 46.2 Å². The fraction of sp³-hybridized carbons (Fsp3) is 0.571. The van der Waals surface area contributed by atoms with Crippen molar-refractivity contribution in [3.05, 3.63) is 48.6 Å². The van der Waals surface area contributed by atoms with Gasteiger partial charge >= 0.3 is 6.09 Å². The third-order valence-electron chi connectivity index (χ3n) is 5.19. The average Bonchev–Trinajstić information content (AvgIpc) is 2.82. The van der Waals surface area contributed by atoms with E-state index in [1.165, 1.54) is 5.56 Å². The van der Waals surface area contributed by atoms with E-state index in [0.717, 1.165) is 32.4 Å². The lowest BCUT2D eigenvalue weighted by molar-refractivity contribution is -0.0232. The van der Waals surface area contributed by atoms with Crippen molar-refractivity contribution in [2.24, 2.45) is 0 Å². The molecular weight excluding hydrogens is 312 g/mol. The highest BCUT2D eigenvalue weighted by Crippen LogP contribution is 2.37. The molecule has 2 bridgehead atoms. The highest BCUT2D eigenvalue weighted by molar-refractivity contribution is 5.69. The Morgan fingerprint density at radius 3 is 2.64 bits per heavy atom. The van der Waals surface area contributed by atoms with Gasteiger partial charge in [0.05, 0.1) is 6.04 Å². The molecule has 136 valence electrons. The number of benzene rings is 1. The zero-order valence-corrected chi connectivity index (χ0v) is 15.6. The summed E-state index contributed by atoms with van der Waals surface area (Å²) < 4.78 is 5.67. The second-order valence-electron chi connectivity index (χ2n) is 8.18. The second kappa shape index (κ2) is 7.20. The molecule has 1 aromatic rings. The lowest BCUT2D eigenvalue weighted by Crippen LogP contribution is -2.61. The van der Waals surface area contributed by atoms with Gasteiger partial charge in [0.25, 0.3) is 0 Å². The molecule has 1 amide bonds. The summed E-state index contributed by atoms with van der Waals surface area (Å²) in [7, 11) is 0. The third-order valence-corrected chi connectivity index (χ3v) is 5.19. The van der Waals surface area contributed by atoms with E-state index in [1.807, 2.05) is 31.7 Å². The number of hydrogen-bond donors (Lipinski definition) is 0. The van der Waals surface area contributed by atoms with Crippen LogP contribution in [0.5, 0.6) is 0 Å². The van der Waals surface area contributed by atoms with Crippen LogP contribution in [-0.2, 0) is 11.3 Å². The zero-order valence-electron chi connectivity index (χ0n) is 15.6. The summed E-state index contributed by atoms with van der Waals surface area (Å²) >= 11 is 0. The Morgan fingerprint density at radius 1 is 1.28 bits per heavy atom. The van der Waals surface area contributed by atoms with E-state index in [2.05, 4.69) is 41.8 Å². The highest BCUT2D eigenvalue weighted by atomic mass is 16.6. The number of ether oxygens (including phenoxy) is 1. The predicted octanol–water partition coefficient (Wildman–Crippen LogP) is 4.22. The summed E-state index contributed by atoms with van der Waals surface area (Å²) in [6, 6.07) is 11.5. The van der Waals surface area contributed by atoms with E-state index in [4.69, 9.17) is 4.74 Å². The van der Waals surface area contributed by atoms with Gasteiger partial charge in [-0.25, -0.2) is 4.79 Å². The number of rotatable bonds is 4. The van der Waals surface area contributed by atoms with Crippen molar-refractivity contribution in [2.75, 3.05) is 6.54 Å². The number of amides is 1. The number of carbonyl (C=O) groups is 1. The van der Waals surface area contributed by atoms with Crippen LogP contribution in [0.2, 0.25) is 0 Å². The monoisotopic (exact) mass is 342 g/mol. The van der Waals surface area contributed by atoms with Gasteiger partial charge < -0.3 is 9.64 Å². The maximum absolute atomic E-state index is 12.7. The Bertz CT molecular complexity index is 608. The van der Waals surface area contributed by atoms with Crippen LogP contribution in [0.15, 0.2) is 43.0 Å². The van der Waals surface area contributed by atoms with Gasteiger partial charge in [0.1, 0.15) is 5.60 Å². The van der Waals surface area contributed by atoms with Gasteiger partial charge in [-0.3, -0.25) is 4.90 Å². The fourth-order valence-electron chi connectivity index (χ4n) is 4.17. The summed E-state index contributed by atoms with van der Waals surface area (Å²) in [4.78, 5) is 17.3. The topological polar surface area (TPSA) is 32.8 Å². The summed E-state index contributed by atoms with van der Waals surface area (Å²) in [6.45, 7) is 11.4. The minimum atomic E-state index is -0.462. The molecule has 2 fully saturated rings. The molecule has 2 aliphatic rings. The van der Waals surface area contributed by atoms with Gasteiger partial charge in [0.15, 0.2) is 0 Å². The van der Waals surface area contributed by atoms with Crippen molar-refractivity contribution in [3.8, 4) is 0 Å². The van der Waals surface area contributed by atoms with Gasteiger partial charge in [-0.15, -0.1) is 6.58 Å². The van der Waals surface area contributed by atoms with E-state index in [1.54, 1.807) is 0 Å². The van der Waals surface area contributed by atoms with Crippen molar-refractivity contribution < 1.29 is 9.53 Å². The molecular formula is C21H30N2O2. The smallest absolute Gasteiger partial charge is 0.410 e. The van der Waals surface area contributed by atoms with Crippen LogP contribution in [0.25, 0.3) is 0 Å². The molecule has 0 N–H and O–H groups in total. The van der Waals surface area contributed by atoms with E-state index in [-0.39, 0.29) is 12.1 Å². The molecule has 1 unspecified atom stereocenters. The molecule has 4 heteroatoms. The standard InChI is InChI=1S/C21H30N2O2/c1-5-9-18-19-13-12-17(15-23(18)20(24)25-21(2,3)4)22(19)14-16-10-7-6-8-11-16/h5-8,10-11,17-19H,1,9,12-15H2,2-4H3/t17-,18+,19?/m0/s1. The van der Waals surface area contributed by atoms with E-state index < -0.39 is 5.60 Å². The normalized spacial score (nSPS) is 26.5. The van der Waals surface area contributed by atoms with Gasteiger partial charge in [0, 0.05) is 25.2 Å². The molecule has 2 heterocycles. The number of likely N-dealkylation sites (tertiary alicyclic amines) is 1. The van der Waals surface area contributed by atoms with Gasteiger partial charge in [0.2, 0.25) is 0 Å². The Kier molecular flexibility index (Phi) is 5.19. The molecule has 1 aromatic carbocycles. The molecule has 0 spiro atoms. The van der Waals surface area contributed by atoms with Crippen LogP contribution in [0.3, 0.4) is 0 Å². The molecule has 2 aliphatic heterocycles. The minimum absolute atomic E-state index is 0.148. The molecule has 4 nitrogen and oxygen atoms in total. The van der Waals surface area contributed by atoms with Crippen LogP contribution in [0, 0.1) is 0 Å². The molecule has 2 saturated heterocycles. The highest BCUT2D eigenvalue weighted by Gasteiger charge is 2.47. The number of nitrogens with zero attached hydrogens (tertiary/aromatic N) is 2. The van der Waals surface area contributed by atoms with Gasteiger partial charge in [-0.05, 0) is 45.6 Å². The summed E-state index contributed by atoms with van der Waals surface area (Å²) in [6.07, 6.45) is 4.83. The zero-order chi connectivity index (χ0) is 18.0. The van der Waals surface area contributed by atoms with Crippen molar-refractivity contribution in [2.45, 2.75) is 70.3 Å². The number of piperazine rings is 1. The molecule has 3 rings (SSSR count). The van der Waals surface area contributed by atoms with E-state index in [0.29, 0.717) is 12.1 Å². The number of hydrogen-bond acceptors (Lipinski definition) is 3. The van der Waals surface area contributed by atoms with Crippen LogP contribution in [0.1, 0.15) is 45.6 Å². The molecule has 3 atom stereocenters. The Hall–Kier alpha value is -1.81. The molecule has 0 aromatic heterocycles. The van der Waals surface area contributed by atoms with E-state index in [9.17, 15) is 4.79 Å². The first kappa shape index (κ1) is 18.0. The number of fused-ring (bicyclic) bond motifs is 2. The molecule has 0 radical (unpaired) electrons. The van der Waals surface area contributed by atoms with E-state index >= 15 is 0 Å². The molecule has 0 saturated carbocycles. The Morgan fingerprint density at radius 2 is 2.00 bits per heavy atom. The van der Waals surface area contributed by atoms with Crippen molar-refractivity contribution in [1.82, 2.24) is 9.80 Å². The average molecular weight is 342 g/mol. The summed E-state index contributed by atoms with van der Waals surface area (Å²) in [5, 5.41) is 0. The first-order valence-corrected chi connectivity index (χ1v) is 9.29. The van der Waals surface area contributed by atoms with Crippen molar-refractivity contribution in [1.29, 1.82) is 0 Å². The van der Waals surface area contributed by atoms with Crippen LogP contribution in [0.4, 0.5) is 4.79 Å². The van der Waals surface area contributed by atoms with Gasteiger partial charge in [-0.1, -0.05) is 36.4 Å². The molecule has 25 heavy (non-hydrogen) atoms. The quantitative estimate of drug-likeness (QED) is 0.768. The van der Waals surface area contributed by atoms with Crippen molar-refractivity contribution in [3.63, 3.8) is 0 Å². The Labute approximate surface area is 151 Å². The third kappa shape index (κ3) is 4.06. The SMILES string of the molecule is C=CC[C@@H]1C2CC[C@@H](CN1C(=O)OC(C)(C)C)N2Cc1ccccc1. The summed E-state index contributed by atoms with van der Waals surface area (Å²) in [5.41, 5.74) is 0.873. The maximum Gasteiger partial charge on any atom is 0.410 e. The lowest BCUT2D eigenvalue weighted by Gasteiger charge is -2.47. The lowest BCUT2D eigenvalue weighted by atomic mass is 9.99. The predicted molar refractivity (Wildman–Crippen MR) is 100 cm³/mol. The van der Waals surface area contributed by atoms with Crippen LogP contribution >= 0.6 is 0 Å². The first-order chi connectivity index (χ1) is 11.9. The second-order valence-corrected chi connectivity index (χ2v) is 8.18. The Balaban J connectivity index is 1.78. The van der Waals surface area contributed by atoms with Crippen LogP contribution < -0.4 is 0 Å². The maximum atomic E-state index is 12.7.